The fraction of sp³-hybridized carbons (Fsp3) is 0.316. The van der Waals surface area contributed by atoms with Gasteiger partial charge in [-0.05, 0) is 36.2 Å². The zero-order valence-corrected chi connectivity index (χ0v) is 16.8. The highest BCUT2D eigenvalue weighted by molar-refractivity contribution is 7.89. The number of carbonyl (C=O) groups excluding carboxylic acids is 1. The molecule has 0 aromatic heterocycles. The molecular formula is C19H22ClN3O3S. The number of hydrogen-bond acceptors (Lipinski definition) is 4. The summed E-state index contributed by atoms with van der Waals surface area (Å²) in [6.45, 7) is 1.49. The van der Waals surface area contributed by atoms with E-state index in [4.69, 9.17) is 11.6 Å². The smallest absolute Gasteiger partial charge is 0.242 e. The molecule has 0 aliphatic carbocycles. The molecule has 0 radical (unpaired) electrons. The molecule has 0 fully saturated rings. The molecule has 8 heteroatoms. The highest BCUT2D eigenvalue weighted by atomic mass is 35.5. The van der Waals surface area contributed by atoms with Crippen LogP contribution < -0.4 is 10.2 Å². The number of nitrogens with zero attached hydrogens (tertiary/aromatic N) is 2. The van der Waals surface area contributed by atoms with Crippen LogP contribution in [0.2, 0.25) is 5.02 Å². The van der Waals surface area contributed by atoms with E-state index >= 15 is 0 Å². The standard InChI is InChI=1S/C19H22ClN3O3S/c1-22(2)27(25,26)15-7-8-16(20)17(13-15)21-19(24)10-12-23-11-9-14-5-3-4-6-18(14)23/h3-8,13H,9-12H2,1-2H3,(H,21,24). The number of hydrogen-bond donors (Lipinski definition) is 1. The molecule has 0 spiro atoms. The molecule has 27 heavy (non-hydrogen) atoms. The summed E-state index contributed by atoms with van der Waals surface area (Å²) in [7, 11) is -0.687. The van der Waals surface area contributed by atoms with Crippen molar-refractivity contribution >= 4 is 38.9 Å². The minimum absolute atomic E-state index is 0.0840. The zero-order chi connectivity index (χ0) is 19.6. The Labute approximate surface area is 164 Å². The first-order chi connectivity index (χ1) is 12.8. The summed E-state index contributed by atoms with van der Waals surface area (Å²) < 4.78 is 25.6. The Balaban J connectivity index is 1.66. The van der Waals surface area contributed by atoms with Crippen LogP contribution in [0.15, 0.2) is 47.4 Å². The molecule has 2 aromatic rings. The number of amides is 1. The number of sulfonamides is 1. The van der Waals surface area contributed by atoms with Crippen molar-refractivity contribution < 1.29 is 13.2 Å². The monoisotopic (exact) mass is 407 g/mol. The summed E-state index contributed by atoms with van der Waals surface area (Å²) >= 11 is 6.13. The molecule has 1 heterocycles. The van der Waals surface area contributed by atoms with E-state index in [2.05, 4.69) is 22.3 Å². The molecule has 3 rings (SSSR count). The van der Waals surface area contributed by atoms with Crippen LogP contribution in [0.25, 0.3) is 0 Å². The van der Waals surface area contributed by atoms with E-state index in [0.717, 1.165) is 17.3 Å². The maximum absolute atomic E-state index is 12.4. The van der Waals surface area contributed by atoms with Gasteiger partial charge in [0.2, 0.25) is 15.9 Å². The number of benzene rings is 2. The number of carbonyl (C=O) groups is 1. The quantitative estimate of drug-likeness (QED) is 0.799. The second-order valence-corrected chi connectivity index (χ2v) is 9.15. The third-order valence-electron chi connectivity index (χ3n) is 4.58. The Hall–Kier alpha value is -2.09. The molecule has 144 valence electrons. The molecule has 0 saturated carbocycles. The Morgan fingerprint density at radius 2 is 1.96 bits per heavy atom. The number of anilines is 2. The van der Waals surface area contributed by atoms with Crippen molar-refractivity contribution in [3.63, 3.8) is 0 Å². The van der Waals surface area contributed by atoms with E-state index in [-0.39, 0.29) is 17.2 Å². The first-order valence-corrected chi connectivity index (χ1v) is 10.5. The van der Waals surface area contributed by atoms with Crippen molar-refractivity contribution in [2.45, 2.75) is 17.7 Å². The van der Waals surface area contributed by atoms with Crippen molar-refractivity contribution in [1.29, 1.82) is 0 Å². The molecule has 0 saturated heterocycles. The second kappa shape index (κ2) is 7.88. The van der Waals surface area contributed by atoms with E-state index < -0.39 is 10.0 Å². The molecule has 1 amide bonds. The summed E-state index contributed by atoms with van der Waals surface area (Å²) in [5.74, 6) is -0.208. The topological polar surface area (TPSA) is 69.7 Å². The largest absolute Gasteiger partial charge is 0.370 e. The summed E-state index contributed by atoms with van der Waals surface area (Å²) in [5, 5.41) is 3.03. The van der Waals surface area contributed by atoms with E-state index in [9.17, 15) is 13.2 Å². The van der Waals surface area contributed by atoms with Crippen molar-refractivity contribution in [3.8, 4) is 0 Å². The van der Waals surface area contributed by atoms with Gasteiger partial charge in [-0.15, -0.1) is 0 Å². The lowest BCUT2D eigenvalue weighted by atomic mass is 10.2. The minimum Gasteiger partial charge on any atom is -0.370 e. The van der Waals surface area contributed by atoms with Gasteiger partial charge in [-0.2, -0.15) is 0 Å². The van der Waals surface area contributed by atoms with Crippen LogP contribution in [0.5, 0.6) is 0 Å². The first kappa shape index (κ1) is 19.7. The Kier molecular flexibility index (Phi) is 5.74. The molecule has 1 aliphatic heterocycles. The molecule has 6 nitrogen and oxygen atoms in total. The summed E-state index contributed by atoms with van der Waals surface area (Å²) in [5.41, 5.74) is 2.76. The first-order valence-electron chi connectivity index (χ1n) is 8.64. The van der Waals surface area contributed by atoms with E-state index in [1.165, 1.54) is 43.5 Å². The van der Waals surface area contributed by atoms with E-state index in [1.54, 1.807) is 0 Å². The average Bonchev–Trinajstić information content (AvgIpc) is 3.05. The predicted molar refractivity (Wildman–Crippen MR) is 108 cm³/mol. The van der Waals surface area contributed by atoms with Gasteiger partial charge in [0.05, 0.1) is 15.6 Å². The maximum Gasteiger partial charge on any atom is 0.242 e. The van der Waals surface area contributed by atoms with Gasteiger partial charge in [0.15, 0.2) is 0 Å². The predicted octanol–water partition coefficient (Wildman–Crippen LogP) is 2.98. The fourth-order valence-corrected chi connectivity index (χ4v) is 4.15. The molecule has 0 unspecified atom stereocenters. The molecule has 0 atom stereocenters. The third-order valence-corrected chi connectivity index (χ3v) is 6.72. The van der Waals surface area contributed by atoms with Gasteiger partial charge >= 0.3 is 0 Å². The summed E-state index contributed by atoms with van der Waals surface area (Å²) in [4.78, 5) is 14.6. The van der Waals surface area contributed by atoms with Crippen LogP contribution in [-0.4, -0.2) is 45.8 Å². The minimum atomic E-state index is -3.60. The number of fused-ring (bicyclic) bond motifs is 1. The van der Waals surface area contributed by atoms with Gasteiger partial charge in [0.25, 0.3) is 0 Å². The average molecular weight is 408 g/mol. The van der Waals surface area contributed by atoms with E-state index in [0.29, 0.717) is 17.3 Å². The number of para-hydroxylation sites is 1. The molecule has 2 aromatic carbocycles. The second-order valence-electron chi connectivity index (χ2n) is 6.59. The van der Waals surface area contributed by atoms with Crippen molar-refractivity contribution in [1.82, 2.24) is 4.31 Å². The van der Waals surface area contributed by atoms with Gasteiger partial charge in [-0.25, -0.2) is 12.7 Å². The van der Waals surface area contributed by atoms with Gasteiger partial charge < -0.3 is 10.2 Å². The number of rotatable bonds is 6. The van der Waals surface area contributed by atoms with Crippen LogP contribution in [-0.2, 0) is 21.2 Å². The molecular weight excluding hydrogens is 386 g/mol. The van der Waals surface area contributed by atoms with Gasteiger partial charge in [0.1, 0.15) is 0 Å². The van der Waals surface area contributed by atoms with Crippen LogP contribution in [0, 0.1) is 0 Å². The Bertz CT molecular complexity index is 960. The summed E-state index contributed by atoms with van der Waals surface area (Å²) in [6, 6.07) is 12.5. The number of nitrogens with one attached hydrogen (secondary N) is 1. The zero-order valence-electron chi connectivity index (χ0n) is 15.3. The lowest BCUT2D eigenvalue weighted by molar-refractivity contribution is -0.116. The Morgan fingerprint density at radius 1 is 1.22 bits per heavy atom. The van der Waals surface area contributed by atoms with Crippen molar-refractivity contribution in [3.05, 3.63) is 53.1 Å². The lowest BCUT2D eigenvalue weighted by Crippen LogP contribution is -2.26. The molecule has 0 bridgehead atoms. The Morgan fingerprint density at radius 3 is 2.70 bits per heavy atom. The summed E-state index contributed by atoms with van der Waals surface area (Å²) in [6.07, 6.45) is 1.27. The fourth-order valence-electron chi connectivity index (χ4n) is 3.06. The molecule has 1 aliphatic rings. The van der Waals surface area contributed by atoms with Gasteiger partial charge in [-0.1, -0.05) is 29.8 Å². The van der Waals surface area contributed by atoms with E-state index in [1.807, 2.05) is 12.1 Å². The highest BCUT2D eigenvalue weighted by Crippen LogP contribution is 2.28. The SMILES string of the molecule is CN(C)S(=O)(=O)c1ccc(Cl)c(NC(=O)CCN2CCc3ccccc32)c1. The third kappa shape index (κ3) is 4.26. The van der Waals surface area contributed by atoms with Crippen LogP contribution in [0.1, 0.15) is 12.0 Å². The maximum atomic E-state index is 12.4. The lowest BCUT2D eigenvalue weighted by Gasteiger charge is -2.19. The number of halogens is 1. The van der Waals surface area contributed by atoms with Gasteiger partial charge in [0, 0.05) is 39.3 Å². The van der Waals surface area contributed by atoms with Crippen LogP contribution >= 0.6 is 11.6 Å². The van der Waals surface area contributed by atoms with Crippen molar-refractivity contribution in [2.75, 3.05) is 37.4 Å². The van der Waals surface area contributed by atoms with Crippen LogP contribution in [0.3, 0.4) is 0 Å². The normalized spacial score (nSPS) is 13.7. The highest BCUT2D eigenvalue weighted by Gasteiger charge is 2.21. The van der Waals surface area contributed by atoms with Gasteiger partial charge in [-0.3, -0.25) is 4.79 Å². The van der Waals surface area contributed by atoms with Crippen molar-refractivity contribution in [2.24, 2.45) is 0 Å². The molecule has 1 N–H and O–H groups in total. The van der Waals surface area contributed by atoms with Crippen LogP contribution in [0.4, 0.5) is 11.4 Å².